The second-order valence-corrected chi connectivity index (χ2v) is 8.56. The van der Waals surface area contributed by atoms with Crippen molar-refractivity contribution in [3.63, 3.8) is 0 Å². The molecule has 2 aromatic carbocycles. The van der Waals surface area contributed by atoms with Crippen molar-refractivity contribution >= 4 is 18.0 Å². The molecule has 2 aromatic rings. The van der Waals surface area contributed by atoms with Crippen LogP contribution in [0.25, 0.3) is 11.1 Å². The lowest BCUT2D eigenvalue weighted by Gasteiger charge is -2.20. The molecule has 0 fully saturated rings. The van der Waals surface area contributed by atoms with Crippen molar-refractivity contribution in [1.29, 1.82) is 0 Å². The highest BCUT2D eigenvalue weighted by atomic mass is 16.5. The molecule has 0 saturated heterocycles. The number of rotatable bonds is 9. The maximum absolute atomic E-state index is 12.4. The van der Waals surface area contributed by atoms with E-state index >= 15 is 0 Å². The van der Waals surface area contributed by atoms with Crippen molar-refractivity contribution in [3.8, 4) is 11.1 Å². The third kappa shape index (κ3) is 5.46. The minimum atomic E-state index is -1.09. The number of nitrogens with one attached hydrogen (secondary N) is 2. The highest BCUT2D eigenvalue weighted by Gasteiger charge is 2.29. The zero-order chi connectivity index (χ0) is 23.3. The summed E-state index contributed by atoms with van der Waals surface area (Å²) in [6.45, 7) is 5.61. The van der Waals surface area contributed by atoms with Gasteiger partial charge in [-0.25, -0.2) is 9.59 Å². The van der Waals surface area contributed by atoms with Crippen LogP contribution in [0.5, 0.6) is 0 Å². The number of ether oxygens (including phenoxy) is 1. The highest BCUT2D eigenvalue weighted by Crippen LogP contribution is 2.44. The van der Waals surface area contributed by atoms with E-state index in [1.165, 1.54) is 6.92 Å². The molecule has 1 unspecified atom stereocenters. The molecule has 0 aliphatic heterocycles. The van der Waals surface area contributed by atoms with E-state index in [0.717, 1.165) is 22.3 Å². The van der Waals surface area contributed by atoms with Gasteiger partial charge in [0.15, 0.2) is 0 Å². The SMILES string of the molecule is CC(C)CCC(NC(=O)[C@@H](C)NC(=O)OCC1c2ccccc2-c2ccccc21)C(=O)O. The number of carboxylic acid groups (broad SMARTS) is 1. The van der Waals surface area contributed by atoms with Crippen molar-refractivity contribution in [3.05, 3.63) is 59.7 Å². The van der Waals surface area contributed by atoms with Crippen molar-refractivity contribution < 1.29 is 24.2 Å². The third-order valence-electron chi connectivity index (χ3n) is 5.72. The van der Waals surface area contributed by atoms with Gasteiger partial charge in [0, 0.05) is 5.92 Å². The number of hydrogen-bond donors (Lipinski definition) is 3. The Balaban J connectivity index is 1.56. The van der Waals surface area contributed by atoms with Crippen LogP contribution < -0.4 is 10.6 Å². The Morgan fingerprint density at radius 3 is 2.00 bits per heavy atom. The summed E-state index contributed by atoms with van der Waals surface area (Å²) in [6, 6.07) is 14.1. The second kappa shape index (κ2) is 10.3. The fourth-order valence-electron chi connectivity index (χ4n) is 3.94. The number of fused-ring (bicyclic) bond motifs is 3. The van der Waals surface area contributed by atoms with Crippen molar-refractivity contribution in [2.45, 2.75) is 51.6 Å². The van der Waals surface area contributed by atoms with E-state index in [0.29, 0.717) is 18.8 Å². The lowest BCUT2D eigenvalue weighted by atomic mass is 9.98. The summed E-state index contributed by atoms with van der Waals surface area (Å²) in [5.74, 6) is -1.41. The van der Waals surface area contributed by atoms with Crippen molar-refractivity contribution in [2.75, 3.05) is 6.61 Å². The van der Waals surface area contributed by atoms with Crippen LogP contribution >= 0.6 is 0 Å². The first-order valence-corrected chi connectivity index (χ1v) is 10.9. The molecule has 0 aromatic heterocycles. The molecule has 0 radical (unpaired) electrons. The summed E-state index contributed by atoms with van der Waals surface area (Å²) in [7, 11) is 0. The van der Waals surface area contributed by atoms with Crippen LogP contribution in [0, 0.1) is 5.92 Å². The van der Waals surface area contributed by atoms with Crippen LogP contribution in [0.2, 0.25) is 0 Å². The van der Waals surface area contributed by atoms with Gasteiger partial charge in [0.25, 0.3) is 0 Å². The molecule has 3 rings (SSSR count). The first-order chi connectivity index (χ1) is 15.3. The molecular formula is C25H30N2O5. The van der Waals surface area contributed by atoms with Gasteiger partial charge in [-0.1, -0.05) is 62.4 Å². The summed E-state index contributed by atoms with van der Waals surface area (Å²) < 4.78 is 5.45. The van der Waals surface area contributed by atoms with Crippen LogP contribution in [-0.2, 0) is 14.3 Å². The van der Waals surface area contributed by atoms with Gasteiger partial charge < -0.3 is 20.5 Å². The molecule has 0 spiro atoms. The molecule has 3 N–H and O–H groups in total. The normalized spacial score (nSPS) is 14.2. The molecule has 0 saturated carbocycles. The molecule has 32 heavy (non-hydrogen) atoms. The Kier molecular flexibility index (Phi) is 7.51. The maximum atomic E-state index is 12.4. The fourth-order valence-corrected chi connectivity index (χ4v) is 3.94. The van der Waals surface area contributed by atoms with Crippen LogP contribution in [0.3, 0.4) is 0 Å². The quantitative estimate of drug-likeness (QED) is 0.550. The van der Waals surface area contributed by atoms with E-state index in [-0.39, 0.29) is 12.5 Å². The fraction of sp³-hybridized carbons (Fsp3) is 0.400. The predicted octanol–water partition coefficient (Wildman–Crippen LogP) is 3.92. The molecule has 7 heteroatoms. The Bertz CT molecular complexity index is 942. The predicted molar refractivity (Wildman–Crippen MR) is 121 cm³/mol. The number of carbonyl (C=O) groups is 3. The van der Waals surface area contributed by atoms with E-state index in [9.17, 15) is 19.5 Å². The van der Waals surface area contributed by atoms with E-state index in [1.807, 2.05) is 50.2 Å². The first-order valence-electron chi connectivity index (χ1n) is 10.9. The zero-order valence-electron chi connectivity index (χ0n) is 18.6. The lowest BCUT2D eigenvalue weighted by molar-refractivity contribution is -0.142. The smallest absolute Gasteiger partial charge is 0.407 e. The number of benzene rings is 2. The summed E-state index contributed by atoms with van der Waals surface area (Å²) in [5, 5.41) is 14.3. The van der Waals surface area contributed by atoms with E-state index in [2.05, 4.69) is 22.8 Å². The summed E-state index contributed by atoms with van der Waals surface area (Å²) in [5.41, 5.74) is 4.46. The molecule has 1 aliphatic carbocycles. The van der Waals surface area contributed by atoms with E-state index < -0.39 is 30.1 Å². The van der Waals surface area contributed by atoms with E-state index in [1.54, 1.807) is 0 Å². The summed E-state index contributed by atoms with van der Waals surface area (Å²) in [6.07, 6.45) is 0.283. The number of alkyl carbamates (subject to hydrolysis) is 1. The largest absolute Gasteiger partial charge is 0.480 e. The Morgan fingerprint density at radius 1 is 0.906 bits per heavy atom. The number of aliphatic carboxylic acids is 1. The Morgan fingerprint density at radius 2 is 1.47 bits per heavy atom. The monoisotopic (exact) mass is 438 g/mol. The van der Waals surface area contributed by atoms with Gasteiger partial charge in [0.1, 0.15) is 18.7 Å². The Hall–Kier alpha value is -3.35. The molecule has 7 nitrogen and oxygen atoms in total. The zero-order valence-corrected chi connectivity index (χ0v) is 18.6. The van der Waals surface area contributed by atoms with E-state index in [4.69, 9.17) is 4.74 Å². The highest BCUT2D eigenvalue weighted by molar-refractivity contribution is 5.89. The Labute approximate surface area is 188 Å². The molecule has 0 bridgehead atoms. The first kappa shape index (κ1) is 23.3. The molecule has 2 amide bonds. The molecule has 1 aliphatic rings. The van der Waals surface area contributed by atoms with Crippen LogP contribution in [0.4, 0.5) is 4.79 Å². The summed E-state index contributed by atoms with van der Waals surface area (Å²) in [4.78, 5) is 36.1. The summed E-state index contributed by atoms with van der Waals surface area (Å²) >= 11 is 0. The molecule has 2 atom stereocenters. The number of carbonyl (C=O) groups excluding carboxylic acids is 2. The van der Waals surface area contributed by atoms with Crippen LogP contribution in [0.15, 0.2) is 48.5 Å². The minimum Gasteiger partial charge on any atom is -0.480 e. The van der Waals surface area contributed by atoms with Crippen molar-refractivity contribution in [2.24, 2.45) is 5.92 Å². The van der Waals surface area contributed by atoms with Gasteiger partial charge in [-0.3, -0.25) is 4.79 Å². The third-order valence-corrected chi connectivity index (χ3v) is 5.72. The minimum absolute atomic E-state index is 0.0790. The topological polar surface area (TPSA) is 105 Å². The standard InChI is InChI=1S/C25H30N2O5/c1-15(2)12-13-22(24(29)30)27-23(28)16(3)26-25(31)32-14-21-19-10-6-4-8-17(19)18-9-5-7-11-20(18)21/h4-11,15-16,21-22H,12-14H2,1-3H3,(H,26,31)(H,27,28)(H,29,30)/t16-,22?/m1/s1. The van der Waals surface area contributed by atoms with Gasteiger partial charge in [0.05, 0.1) is 0 Å². The van der Waals surface area contributed by atoms with Gasteiger partial charge in [0.2, 0.25) is 5.91 Å². The average molecular weight is 439 g/mol. The van der Waals surface area contributed by atoms with Crippen molar-refractivity contribution in [1.82, 2.24) is 10.6 Å². The molecule has 170 valence electrons. The number of carboxylic acids is 1. The maximum Gasteiger partial charge on any atom is 0.407 e. The van der Waals surface area contributed by atoms with Gasteiger partial charge >= 0.3 is 12.1 Å². The van der Waals surface area contributed by atoms with Gasteiger partial charge in [-0.2, -0.15) is 0 Å². The van der Waals surface area contributed by atoms with Gasteiger partial charge in [-0.05, 0) is 47.9 Å². The second-order valence-electron chi connectivity index (χ2n) is 8.56. The van der Waals surface area contributed by atoms with Crippen LogP contribution in [0.1, 0.15) is 50.7 Å². The molecular weight excluding hydrogens is 408 g/mol. The molecule has 0 heterocycles. The van der Waals surface area contributed by atoms with Gasteiger partial charge in [-0.15, -0.1) is 0 Å². The number of hydrogen-bond acceptors (Lipinski definition) is 4. The van der Waals surface area contributed by atoms with Crippen LogP contribution in [-0.4, -0.2) is 41.8 Å². The number of amides is 2. The average Bonchev–Trinajstić information content (AvgIpc) is 3.08. The lowest BCUT2D eigenvalue weighted by Crippen LogP contribution is -2.50.